The first-order valence-corrected chi connectivity index (χ1v) is 9.38. The van der Waals surface area contributed by atoms with Gasteiger partial charge in [-0.15, -0.1) is 0 Å². The van der Waals surface area contributed by atoms with Crippen LogP contribution in [0.4, 0.5) is 5.69 Å². The quantitative estimate of drug-likeness (QED) is 0.206. The summed E-state index contributed by atoms with van der Waals surface area (Å²) in [7, 11) is 0. The monoisotopic (exact) mass is 493 g/mol. The highest BCUT2D eigenvalue weighted by Gasteiger charge is 2.18. The number of benzene rings is 2. The number of nitrogens with zero attached hydrogens (tertiary/aromatic N) is 3. The van der Waals surface area contributed by atoms with Crippen LogP contribution in [0.5, 0.6) is 5.75 Å². The molecular weight excluding hydrogens is 477 g/mol. The Morgan fingerprint density at radius 3 is 2.50 bits per heavy atom. The molecule has 0 aliphatic rings. The largest absolute Gasteiger partial charge is 0.490 e. The predicted molar refractivity (Wildman–Crippen MR) is 109 cm³/mol. The van der Waals surface area contributed by atoms with E-state index in [1.54, 1.807) is 35.4 Å². The van der Waals surface area contributed by atoms with Gasteiger partial charge in [-0.1, -0.05) is 0 Å². The second-order valence-corrected chi connectivity index (χ2v) is 7.10. The number of esters is 1. The standard InChI is InChI=1S/C19H16IN3O5/c20-15-3-1-14(2-4-15)19(24)28-18(11-22-10-9-21-13-22)12-27-17-7-5-16(6-8-17)23(25)26/h1-10,13,18H,11-12H2. The van der Waals surface area contributed by atoms with Crippen molar-refractivity contribution in [2.45, 2.75) is 12.6 Å². The summed E-state index contributed by atoms with van der Waals surface area (Å²) >= 11 is 2.16. The maximum Gasteiger partial charge on any atom is 0.338 e. The first-order valence-electron chi connectivity index (χ1n) is 8.31. The van der Waals surface area contributed by atoms with Gasteiger partial charge in [-0.05, 0) is 59.0 Å². The lowest BCUT2D eigenvalue weighted by Gasteiger charge is -2.19. The number of imidazole rings is 1. The summed E-state index contributed by atoms with van der Waals surface area (Å²) in [6, 6.07) is 12.8. The molecule has 0 aliphatic heterocycles. The number of hydrogen-bond donors (Lipinski definition) is 0. The second-order valence-electron chi connectivity index (χ2n) is 5.86. The van der Waals surface area contributed by atoms with Crippen LogP contribution in [0.1, 0.15) is 10.4 Å². The summed E-state index contributed by atoms with van der Waals surface area (Å²) in [5.41, 5.74) is 0.429. The van der Waals surface area contributed by atoms with Crippen molar-refractivity contribution >= 4 is 34.2 Å². The maximum atomic E-state index is 12.4. The average molecular weight is 493 g/mol. The molecule has 0 saturated carbocycles. The fourth-order valence-corrected chi connectivity index (χ4v) is 2.77. The van der Waals surface area contributed by atoms with E-state index in [4.69, 9.17) is 9.47 Å². The Morgan fingerprint density at radius 1 is 1.18 bits per heavy atom. The van der Waals surface area contributed by atoms with E-state index < -0.39 is 17.0 Å². The van der Waals surface area contributed by atoms with E-state index in [9.17, 15) is 14.9 Å². The third-order valence-electron chi connectivity index (χ3n) is 3.81. The van der Waals surface area contributed by atoms with Gasteiger partial charge in [-0.25, -0.2) is 9.78 Å². The van der Waals surface area contributed by atoms with Gasteiger partial charge in [0.25, 0.3) is 5.69 Å². The van der Waals surface area contributed by atoms with Crippen LogP contribution in [0.25, 0.3) is 0 Å². The van der Waals surface area contributed by atoms with E-state index in [1.165, 1.54) is 24.3 Å². The number of nitro groups is 1. The molecule has 1 atom stereocenters. The fraction of sp³-hybridized carbons (Fsp3) is 0.158. The highest BCUT2D eigenvalue weighted by atomic mass is 127. The molecule has 0 bridgehead atoms. The minimum absolute atomic E-state index is 0.0209. The number of carbonyl (C=O) groups excluding carboxylic acids is 1. The fourth-order valence-electron chi connectivity index (χ4n) is 2.41. The second kappa shape index (κ2) is 9.31. The Morgan fingerprint density at radius 2 is 1.89 bits per heavy atom. The molecule has 0 amide bonds. The number of nitro benzene ring substituents is 1. The van der Waals surface area contributed by atoms with E-state index in [1.807, 2.05) is 12.1 Å². The number of halogens is 1. The molecular formula is C19H16IN3O5. The van der Waals surface area contributed by atoms with E-state index >= 15 is 0 Å². The van der Waals surface area contributed by atoms with Gasteiger partial charge in [0, 0.05) is 28.1 Å². The molecule has 1 heterocycles. The van der Waals surface area contributed by atoms with Crippen LogP contribution in [0.2, 0.25) is 0 Å². The molecule has 0 saturated heterocycles. The minimum atomic E-state index is -0.573. The number of carbonyl (C=O) groups is 1. The van der Waals surface area contributed by atoms with E-state index in [2.05, 4.69) is 27.6 Å². The normalized spacial score (nSPS) is 11.6. The average Bonchev–Trinajstić information content (AvgIpc) is 3.20. The smallest absolute Gasteiger partial charge is 0.338 e. The SMILES string of the molecule is O=C(OC(COc1ccc([N+](=O)[O-])cc1)Cn1ccnc1)c1ccc(I)cc1. The van der Waals surface area contributed by atoms with Crippen LogP contribution >= 0.6 is 22.6 Å². The Balaban J connectivity index is 1.66. The third-order valence-corrected chi connectivity index (χ3v) is 4.53. The number of rotatable bonds is 8. The van der Waals surface area contributed by atoms with Gasteiger partial charge in [0.05, 0.1) is 23.4 Å². The molecule has 0 aliphatic carbocycles. The molecule has 0 radical (unpaired) electrons. The summed E-state index contributed by atoms with van der Waals surface area (Å²) in [5.74, 6) is 0.000333. The Labute approximate surface area is 174 Å². The van der Waals surface area contributed by atoms with Crippen molar-refractivity contribution in [3.8, 4) is 5.75 Å². The Hall–Kier alpha value is -2.95. The van der Waals surface area contributed by atoms with Crippen molar-refractivity contribution in [1.82, 2.24) is 9.55 Å². The molecule has 9 heteroatoms. The van der Waals surface area contributed by atoms with E-state index in [0.717, 1.165) is 3.57 Å². The maximum absolute atomic E-state index is 12.4. The molecule has 0 fully saturated rings. The summed E-state index contributed by atoms with van der Waals surface area (Å²) in [6.07, 6.45) is 4.45. The van der Waals surface area contributed by atoms with Crippen molar-refractivity contribution in [3.05, 3.63) is 86.5 Å². The van der Waals surface area contributed by atoms with Crippen LogP contribution in [0.3, 0.4) is 0 Å². The number of aromatic nitrogens is 2. The lowest BCUT2D eigenvalue weighted by molar-refractivity contribution is -0.384. The molecule has 0 spiro atoms. The van der Waals surface area contributed by atoms with Gasteiger partial charge in [-0.2, -0.15) is 0 Å². The molecule has 1 unspecified atom stereocenters. The summed E-state index contributed by atoms with van der Waals surface area (Å²) in [6.45, 7) is 0.454. The molecule has 28 heavy (non-hydrogen) atoms. The first-order chi connectivity index (χ1) is 13.5. The van der Waals surface area contributed by atoms with E-state index in [0.29, 0.717) is 17.9 Å². The Bertz CT molecular complexity index is 927. The van der Waals surface area contributed by atoms with Gasteiger partial charge in [0.15, 0.2) is 6.10 Å². The van der Waals surface area contributed by atoms with Crippen LogP contribution in [0, 0.1) is 13.7 Å². The van der Waals surface area contributed by atoms with Crippen LogP contribution < -0.4 is 4.74 Å². The van der Waals surface area contributed by atoms with Crippen molar-refractivity contribution in [3.63, 3.8) is 0 Å². The van der Waals surface area contributed by atoms with Crippen LogP contribution in [-0.4, -0.2) is 33.2 Å². The molecule has 3 rings (SSSR count). The van der Waals surface area contributed by atoms with E-state index in [-0.39, 0.29) is 12.3 Å². The minimum Gasteiger partial charge on any atom is -0.490 e. The van der Waals surface area contributed by atoms with Gasteiger partial charge in [0.2, 0.25) is 0 Å². The van der Waals surface area contributed by atoms with Crippen molar-refractivity contribution < 1.29 is 19.2 Å². The van der Waals surface area contributed by atoms with Crippen molar-refractivity contribution in [2.24, 2.45) is 0 Å². The van der Waals surface area contributed by atoms with Gasteiger partial charge in [0.1, 0.15) is 12.4 Å². The molecule has 2 aromatic carbocycles. The highest BCUT2D eigenvalue weighted by Crippen LogP contribution is 2.18. The number of non-ortho nitro benzene ring substituents is 1. The molecule has 0 N–H and O–H groups in total. The van der Waals surface area contributed by atoms with Gasteiger partial charge < -0.3 is 14.0 Å². The molecule has 144 valence electrons. The summed E-state index contributed by atoms with van der Waals surface area (Å²) in [4.78, 5) is 26.7. The molecule has 8 nitrogen and oxygen atoms in total. The zero-order valence-electron chi connectivity index (χ0n) is 14.6. The van der Waals surface area contributed by atoms with Gasteiger partial charge >= 0.3 is 5.97 Å². The Kier molecular flexibility index (Phi) is 6.58. The van der Waals surface area contributed by atoms with Crippen molar-refractivity contribution in [2.75, 3.05) is 6.61 Å². The first kappa shape index (κ1) is 19.8. The third kappa shape index (κ3) is 5.52. The van der Waals surface area contributed by atoms with Gasteiger partial charge in [-0.3, -0.25) is 10.1 Å². The summed E-state index contributed by atoms with van der Waals surface area (Å²) < 4.78 is 14.1. The number of ether oxygens (including phenoxy) is 2. The predicted octanol–water partition coefficient (Wildman–Crippen LogP) is 3.70. The number of hydrogen-bond acceptors (Lipinski definition) is 6. The van der Waals surface area contributed by atoms with Crippen LogP contribution in [-0.2, 0) is 11.3 Å². The highest BCUT2D eigenvalue weighted by molar-refractivity contribution is 14.1. The molecule has 1 aromatic heterocycles. The lowest BCUT2D eigenvalue weighted by atomic mass is 10.2. The molecule has 3 aromatic rings. The summed E-state index contributed by atoms with van der Waals surface area (Å²) in [5, 5.41) is 10.7. The van der Waals surface area contributed by atoms with Crippen molar-refractivity contribution in [1.29, 1.82) is 0 Å². The van der Waals surface area contributed by atoms with Crippen LogP contribution in [0.15, 0.2) is 67.3 Å². The lowest BCUT2D eigenvalue weighted by Crippen LogP contribution is -2.29. The zero-order chi connectivity index (χ0) is 19.9. The topological polar surface area (TPSA) is 96.5 Å². The zero-order valence-corrected chi connectivity index (χ0v) is 16.8.